The zero-order valence-electron chi connectivity index (χ0n) is 8.10. The summed E-state index contributed by atoms with van der Waals surface area (Å²) in [4.78, 5) is 11.0. The second-order valence-electron chi connectivity index (χ2n) is 3.62. The van der Waals surface area contributed by atoms with E-state index in [1.54, 1.807) is 0 Å². The van der Waals surface area contributed by atoms with Crippen molar-refractivity contribution in [1.29, 1.82) is 0 Å². The van der Waals surface area contributed by atoms with E-state index in [1.807, 2.05) is 0 Å². The van der Waals surface area contributed by atoms with Crippen molar-refractivity contribution >= 4 is 5.91 Å². The van der Waals surface area contributed by atoms with Crippen molar-refractivity contribution in [2.75, 3.05) is 0 Å². The Morgan fingerprint density at radius 3 is 2.60 bits per heavy atom. The van der Waals surface area contributed by atoms with Crippen LogP contribution in [0.25, 0.3) is 0 Å². The quantitative estimate of drug-likeness (QED) is 0.569. The summed E-state index contributed by atoms with van der Waals surface area (Å²) in [5.74, 6) is -0.597. The highest BCUT2D eigenvalue weighted by Crippen LogP contribution is 2.37. The van der Waals surface area contributed by atoms with Crippen LogP contribution in [0, 0.1) is 5.92 Å². The van der Waals surface area contributed by atoms with Crippen molar-refractivity contribution in [3.63, 3.8) is 0 Å². The minimum atomic E-state index is -4.24. The number of amides is 1. The number of carbonyl (C=O) groups is 1. The molecule has 1 amide bonds. The highest BCUT2D eigenvalue weighted by Gasteiger charge is 2.40. The fourth-order valence-electron chi connectivity index (χ4n) is 1.40. The molecule has 0 bridgehead atoms. The van der Waals surface area contributed by atoms with Crippen LogP contribution in [0.2, 0.25) is 0 Å². The molecule has 0 heterocycles. The van der Waals surface area contributed by atoms with Crippen LogP contribution in [0.1, 0.15) is 19.3 Å². The van der Waals surface area contributed by atoms with Gasteiger partial charge < -0.3 is 5.32 Å². The molecule has 1 atom stereocenters. The van der Waals surface area contributed by atoms with Crippen LogP contribution in [0.15, 0.2) is 18.4 Å². The SMILES string of the molecule is C=C=CC(=O)NC(CC(F)(F)F)C1CC1. The second-order valence-corrected chi connectivity index (χ2v) is 3.62. The van der Waals surface area contributed by atoms with Gasteiger partial charge in [0.25, 0.3) is 5.91 Å². The van der Waals surface area contributed by atoms with Gasteiger partial charge in [0.15, 0.2) is 0 Å². The van der Waals surface area contributed by atoms with Gasteiger partial charge in [0.1, 0.15) is 0 Å². The van der Waals surface area contributed by atoms with Crippen LogP contribution in [0.5, 0.6) is 0 Å². The largest absolute Gasteiger partial charge is 0.391 e. The molecule has 2 nitrogen and oxygen atoms in total. The molecular formula is C10H12F3NO. The molecule has 0 spiro atoms. The predicted octanol–water partition coefficient (Wildman–Crippen LogP) is 2.17. The van der Waals surface area contributed by atoms with E-state index in [0.717, 1.165) is 18.9 Å². The first-order valence-corrected chi connectivity index (χ1v) is 4.65. The van der Waals surface area contributed by atoms with Crippen LogP contribution in [-0.2, 0) is 4.79 Å². The predicted molar refractivity (Wildman–Crippen MR) is 49.0 cm³/mol. The van der Waals surface area contributed by atoms with Crippen molar-refractivity contribution in [2.24, 2.45) is 5.92 Å². The average Bonchev–Trinajstić information content (AvgIpc) is 2.82. The van der Waals surface area contributed by atoms with E-state index in [1.165, 1.54) is 0 Å². The van der Waals surface area contributed by atoms with E-state index in [-0.39, 0.29) is 5.92 Å². The molecule has 1 N–H and O–H groups in total. The number of hydrogen-bond acceptors (Lipinski definition) is 1. The Bertz CT molecular complexity index is 288. The zero-order chi connectivity index (χ0) is 11.5. The van der Waals surface area contributed by atoms with Crippen LogP contribution < -0.4 is 5.32 Å². The topological polar surface area (TPSA) is 29.1 Å². The summed E-state index contributed by atoms with van der Waals surface area (Å²) >= 11 is 0. The van der Waals surface area contributed by atoms with Crippen molar-refractivity contribution < 1.29 is 18.0 Å². The van der Waals surface area contributed by atoms with Crippen molar-refractivity contribution in [3.8, 4) is 0 Å². The number of carbonyl (C=O) groups excluding carboxylic acids is 1. The Balaban J connectivity index is 2.51. The van der Waals surface area contributed by atoms with Crippen molar-refractivity contribution in [3.05, 3.63) is 18.4 Å². The molecule has 0 aromatic carbocycles. The van der Waals surface area contributed by atoms with Gasteiger partial charge in [-0.15, -0.1) is 5.73 Å². The first-order valence-electron chi connectivity index (χ1n) is 4.65. The molecule has 1 unspecified atom stereocenters. The number of halogens is 3. The van der Waals surface area contributed by atoms with Gasteiger partial charge in [0, 0.05) is 12.1 Å². The Kier molecular flexibility index (Phi) is 3.58. The summed E-state index contributed by atoms with van der Waals surface area (Å²) in [5, 5.41) is 2.32. The van der Waals surface area contributed by atoms with Gasteiger partial charge in [-0.1, -0.05) is 6.58 Å². The molecule has 0 aliphatic heterocycles. The van der Waals surface area contributed by atoms with Crippen LogP contribution in [-0.4, -0.2) is 18.1 Å². The lowest BCUT2D eigenvalue weighted by molar-refractivity contribution is -0.142. The number of nitrogens with one attached hydrogen (secondary N) is 1. The first-order chi connectivity index (χ1) is 6.92. The summed E-state index contributed by atoms with van der Waals surface area (Å²) in [6.45, 7) is 3.18. The van der Waals surface area contributed by atoms with E-state index >= 15 is 0 Å². The summed E-state index contributed by atoms with van der Waals surface area (Å²) in [7, 11) is 0. The van der Waals surface area contributed by atoms with Crippen LogP contribution in [0.3, 0.4) is 0 Å². The third kappa shape index (κ3) is 4.70. The minimum absolute atomic E-state index is 0.0335. The molecule has 0 saturated heterocycles. The second kappa shape index (κ2) is 4.53. The summed E-state index contributed by atoms with van der Waals surface area (Å²) < 4.78 is 36.4. The molecule has 84 valence electrons. The number of hydrogen-bond donors (Lipinski definition) is 1. The third-order valence-electron chi connectivity index (χ3n) is 2.20. The molecule has 0 aromatic heterocycles. The van der Waals surface area contributed by atoms with E-state index < -0.39 is 24.5 Å². The molecule has 1 rings (SSSR count). The van der Waals surface area contributed by atoms with E-state index in [4.69, 9.17) is 0 Å². The maximum absolute atomic E-state index is 12.1. The molecule has 0 radical (unpaired) electrons. The van der Waals surface area contributed by atoms with Crippen molar-refractivity contribution in [1.82, 2.24) is 5.32 Å². The smallest absolute Gasteiger partial charge is 0.349 e. The molecule has 15 heavy (non-hydrogen) atoms. The minimum Gasteiger partial charge on any atom is -0.349 e. The standard InChI is InChI=1S/C10H12F3NO/c1-2-3-9(15)14-8(7-4-5-7)6-10(11,12)13/h3,7-8H,1,4-6H2,(H,14,15). The van der Waals surface area contributed by atoms with Crippen LogP contribution >= 0.6 is 0 Å². The third-order valence-corrected chi connectivity index (χ3v) is 2.20. The zero-order valence-corrected chi connectivity index (χ0v) is 8.10. The fourth-order valence-corrected chi connectivity index (χ4v) is 1.40. The lowest BCUT2D eigenvalue weighted by atomic mass is 10.1. The normalized spacial score (nSPS) is 17.8. The molecule has 1 aliphatic carbocycles. The van der Waals surface area contributed by atoms with Gasteiger partial charge in [-0.05, 0) is 18.8 Å². The number of alkyl halides is 3. The van der Waals surface area contributed by atoms with Gasteiger partial charge >= 0.3 is 6.18 Å². The van der Waals surface area contributed by atoms with Gasteiger partial charge in [-0.3, -0.25) is 4.79 Å². The molecule has 1 fully saturated rings. The molecule has 5 heteroatoms. The highest BCUT2D eigenvalue weighted by atomic mass is 19.4. The Hall–Kier alpha value is -1.22. The summed E-state index contributed by atoms with van der Waals surface area (Å²) in [6, 6.07) is -0.804. The molecule has 1 saturated carbocycles. The van der Waals surface area contributed by atoms with E-state index in [0.29, 0.717) is 0 Å². The lowest BCUT2D eigenvalue weighted by Crippen LogP contribution is -2.38. The van der Waals surface area contributed by atoms with Gasteiger partial charge in [-0.2, -0.15) is 13.2 Å². The first kappa shape index (κ1) is 11.9. The highest BCUT2D eigenvalue weighted by molar-refractivity contribution is 5.87. The maximum Gasteiger partial charge on any atom is 0.391 e. The van der Waals surface area contributed by atoms with Gasteiger partial charge in [0.05, 0.1) is 6.42 Å². The summed E-state index contributed by atoms with van der Waals surface area (Å²) in [6.07, 6.45) is -2.70. The van der Waals surface area contributed by atoms with E-state index in [9.17, 15) is 18.0 Å². The maximum atomic E-state index is 12.1. The van der Waals surface area contributed by atoms with Crippen LogP contribution in [0.4, 0.5) is 13.2 Å². The average molecular weight is 219 g/mol. The van der Waals surface area contributed by atoms with Gasteiger partial charge in [-0.25, -0.2) is 0 Å². The molecule has 0 aromatic rings. The molecular weight excluding hydrogens is 207 g/mol. The summed E-state index contributed by atoms with van der Waals surface area (Å²) in [5.41, 5.74) is 2.23. The lowest BCUT2D eigenvalue weighted by Gasteiger charge is -2.18. The van der Waals surface area contributed by atoms with E-state index in [2.05, 4.69) is 17.6 Å². The van der Waals surface area contributed by atoms with Gasteiger partial charge in [0.2, 0.25) is 0 Å². The molecule has 1 aliphatic rings. The monoisotopic (exact) mass is 219 g/mol. The Morgan fingerprint density at radius 1 is 1.60 bits per heavy atom. The van der Waals surface area contributed by atoms with Crippen molar-refractivity contribution in [2.45, 2.75) is 31.5 Å². The Labute approximate surface area is 85.8 Å². The number of rotatable bonds is 4. The Morgan fingerprint density at radius 2 is 2.20 bits per heavy atom. The fraction of sp³-hybridized carbons (Fsp3) is 0.600.